The first kappa shape index (κ1) is 51.9. The van der Waals surface area contributed by atoms with Gasteiger partial charge in [0.2, 0.25) is 0 Å². The van der Waals surface area contributed by atoms with E-state index < -0.39 is 49.4 Å². The van der Waals surface area contributed by atoms with E-state index in [1.165, 1.54) is 77.0 Å². The van der Waals surface area contributed by atoms with E-state index >= 15 is 0 Å². The van der Waals surface area contributed by atoms with Crippen LogP contribution in [-0.4, -0.2) is 89.0 Å². The summed E-state index contributed by atoms with van der Waals surface area (Å²) in [7, 11) is 0. The van der Waals surface area contributed by atoms with Gasteiger partial charge in [0.1, 0.15) is 31.0 Å². The number of hydrogen-bond donors (Lipinski definition) is 4. The summed E-state index contributed by atoms with van der Waals surface area (Å²) in [5, 5.41) is 40.0. The molecule has 0 aromatic carbocycles. The smallest absolute Gasteiger partial charge is 0.306 e. The third-order valence-corrected chi connectivity index (χ3v) is 10.2. The fourth-order valence-corrected chi connectivity index (χ4v) is 6.61. The Hall–Kier alpha value is -2.08. The van der Waals surface area contributed by atoms with Gasteiger partial charge in [-0.1, -0.05) is 147 Å². The highest BCUT2D eigenvalue weighted by Crippen LogP contribution is 2.22. The molecule has 1 aliphatic heterocycles. The average molecular weight is 795 g/mol. The third-order valence-electron chi connectivity index (χ3n) is 10.2. The quantitative estimate of drug-likeness (QED) is 0.0272. The standard InChI is InChI=1S/C46H82O10/c1-3-5-7-9-11-13-15-17-19-20-21-23-24-26-28-30-32-34-41(48)53-37-39(38-54-46-45(52)44(51)43(50)40(36-47)56-46)55-42(49)35-33-31-29-27-25-22-18-16-14-12-10-8-6-4-2/h10,12,16-19,39-40,43-47,50-52H,3-9,11,13-15,20-38H2,1-2H3/b12-10-,18-16-,19-17-. The summed E-state index contributed by atoms with van der Waals surface area (Å²) in [5.41, 5.74) is 0. The molecule has 0 saturated carbocycles. The zero-order chi connectivity index (χ0) is 40.9. The molecular weight excluding hydrogens is 712 g/mol. The van der Waals surface area contributed by atoms with Crippen LogP contribution in [0.3, 0.4) is 0 Å². The second kappa shape index (κ2) is 37.2. The second-order valence-electron chi connectivity index (χ2n) is 15.5. The van der Waals surface area contributed by atoms with E-state index in [1.807, 2.05) is 0 Å². The molecule has 0 amide bonds. The predicted molar refractivity (Wildman–Crippen MR) is 224 cm³/mol. The zero-order valence-corrected chi connectivity index (χ0v) is 35.4. The van der Waals surface area contributed by atoms with Gasteiger partial charge in [0.05, 0.1) is 13.2 Å². The van der Waals surface area contributed by atoms with Crippen molar-refractivity contribution in [2.75, 3.05) is 19.8 Å². The molecule has 10 heteroatoms. The fourth-order valence-electron chi connectivity index (χ4n) is 6.61. The minimum absolute atomic E-state index is 0.213. The minimum atomic E-state index is -1.60. The van der Waals surface area contributed by atoms with Crippen LogP contribution >= 0.6 is 0 Å². The van der Waals surface area contributed by atoms with Crippen LogP contribution in [-0.2, 0) is 28.5 Å². The van der Waals surface area contributed by atoms with E-state index in [0.717, 1.165) is 77.0 Å². The van der Waals surface area contributed by atoms with Crippen LogP contribution in [0.5, 0.6) is 0 Å². The molecule has 56 heavy (non-hydrogen) atoms. The van der Waals surface area contributed by atoms with Crippen molar-refractivity contribution in [1.82, 2.24) is 0 Å². The summed E-state index contributed by atoms with van der Waals surface area (Å²) >= 11 is 0. The second-order valence-corrected chi connectivity index (χ2v) is 15.5. The number of aliphatic hydroxyl groups excluding tert-OH is 4. The number of esters is 2. The van der Waals surface area contributed by atoms with Crippen LogP contribution < -0.4 is 0 Å². The maximum atomic E-state index is 12.7. The Kier molecular flexibility index (Phi) is 34.5. The van der Waals surface area contributed by atoms with Gasteiger partial charge in [-0.15, -0.1) is 0 Å². The molecule has 0 aliphatic carbocycles. The van der Waals surface area contributed by atoms with E-state index in [1.54, 1.807) is 0 Å². The van der Waals surface area contributed by atoms with Crippen molar-refractivity contribution in [1.29, 1.82) is 0 Å². The number of carbonyl (C=O) groups is 2. The van der Waals surface area contributed by atoms with Gasteiger partial charge in [-0.2, -0.15) is 0 Å². The lowest BCUT2D eigenvalue weighted by Crippen LogP contribution is -2.59. The molecule has 6 atom stereocenters. The summed E-state index contributed by atoms with van der Waals surface area (Å²) in [5.74, 6) is -0.826. The summed E-state index contributed by atoms with van der Waals surface area (Å²) in [6.45, 7) is 3.36. The van der Waals surface area contributed by atoms with E-state index in [4.69, 9.17) is 18.9 Å². The Morgan fingerprint density at radius 3 is 1.55 bits per heavy atom. The maximum Gasteiger partial charge on any atom is 0.306 e. The Morgan fingerprint density at radius 2 is 1.02 bits per heavy atom. The molecule has 1 rings (SSSR count). The van der Waals surface area contributed by atoms with Crippen LogP contribution in [0, 0.1) is 0 Å². The molecule has 326 valence electrons. The Morgan fingerprint density at radius 1 is 0.554 bits per heavy atom. The number of unbranched alkanes of at least 4 members (excludes halogenated alkanes) is 20. The molecule has 1 saturated heterocycles. The maximum absolute atomic E-state index is 12.7. The van der Waals surface area contributed by atoms with E-state index in [0.29, 0.717) is 6.42 Å². The van der Waals surface area contributed by atoms with Gasteiger partial charge < -0.3 is 39.4 Å². The predicted octanol–water partition coefficient (Wildman–Crippen LogP) is 9.50. The molecule has 0 bridgehead atoms. The topological polar surface area (TPSA) is 152 Å². The third kappa shape index (κ3) is 28.3. The van der Waals surface area contributed by atoms with Gasteiger partial charge >= 0.3 is 11.9 Å². The van der Waals surface area contributed by atoms with Crippen molar-refractivity contribution < 1.29 is 49.0 Å². The number of allylic oxidation sites excluding steroid dienone is 6. The first-order valence-corrected chi connectivity index (χ1v) is 22.6. The van der Waals surface area contributed by atoms with Gasteiger partial charge in [0.15, 0.2) is 12.4 Å². The van der Waals surface area contributed by atoms with Crippen LogP contribution in [0.1, 0.15) is 187 Å². The summed E-state index contributed by atoms with van der Waals surface area (Å²) in [6.07, 6.45) is 34.3. The lowest BCUT2D eigenvalue weighted by Gasteiger charge is -2.39. The number of hydrogen-bond acceptors (Lipinski definition) is 10. The van der Waals surface area contributed by atoms with Crippen LogP contribution in [0.4, 0.5) is 0 Å². The van der Waals surface area contributed by atoms with Gasteiger partial charge in [-0.3, -0.25) is 9.59 Å². The lowest BCUT2D eigenvalue weighted by molar-refractivity contribution is -0.305. The highest BCUT2D eigenvalue weighted by molar-refractivity contribution is 5.70. The Bertz CT molecular complexity index is 1010. The molecule has 0 aromatic heterocycles. The molecule has 0 spiro atoms. The lowest BCUT2D eigenvalue weighted by atomic mass is 9.99. The Labute approximate surface area is 340 Å². The largest absolute Gasteiger partial charge is 0.462 e. The molecule has 1 fully saturated rings. The number of rotatable bonds is 37. The van der Waals surface area contributed by atoms with Crippen molar-refractivity contribution in [3.05, 3.63) is 36.5 Å². The number of ether oxygens (including phenoxy) is 4. The van der Waals surface area contributed by atoms with Crippen LogP contribution in [0.25, 0.3) is 0 Å². The zero-order valence-electron chi connectivity index (χ0n) is 35.4. The van der Waals surface area contributed by atoms with Crippen LogP contribution in [0.2, 0.25) is 0 Å². The summed E-state index contributed by atoms with van der Waals surface area (Å²) in [4.78, 5) is 25.3. The van der Waals surface area contributed by atoms with Crippen molar-refractivity contribution in [3.63, 3.8) is 0 Å². The van der Waals surface area contributed by atoms with Crippen molar-refractivity contribution >= 4 is 11.9 Å². The van der Waals surface area contributed by atoms with E-state index in [2.05, 4.69) is 50.3 Å². The number of carbonyl (C=O) groups excluding carboxylic acids is 2. The van der Waals surface area contributed by atoms with Gasteiger partial charge in [-0.25, -0.2) is 0 Å². The molecule has 4 N–H and O–H groups in total. The minimum Gasteiger partial charge on any atom is -0.462 e. The average Bonchev–Trinajstić information content (AvgIpc) is 3.19. The van der Waals surface area contributed by atoms with E-state index in [9.17, 15) is 30.0 Å². The molecule has 10 nitrogen and oxygen atoms in total. The normalized spacial score (nSPS) is 20.7. The fraction of sp³-hybridized carbons (Fsp3) is 0.826. The Balaban J connectivity index is 2.33. The van der Waals surface area contributed by atoms with Gasteiger partial charge in [0.25, 0.3) is 0 Å². The van der Waals surface area contributed by atoms with Crippen molar-refractivity contribution in [3.8, 4) is 0 Å². The van der Waals surface area contributed by atoms with Crippen LogP contribution in [0.15, 0.2) is 36.5 Å². The summed E-state index contributed by atoms with van der Waals surface area (Å²) in [6, 6.07) is 0. The highest BCUT2D eigenvalue weighted by atomic mass is 16.7. The van der Waals surface area contributed by atoms with E-state index in [-0.39, 0.29) is 32.0 Å². The molecular formula is C46H82O10. The SMILES string of the molecule is CCCC/C=C\C/C=C\CCCCCCCC(=O)OC(COC(=O)CCCCCCCCC/C=C\CCCCCCCC)COC1OC(CO)C(O)C(O)C1O. The number of aliphatic hydroxyl groups is 4. The molecule has 6 unspecified atom stereocenters. The van der Waals surface area contributed by atoms with Crippen molar-refractivity contribution in [2.24, 2.45) is 0 Å². The monoisotopic (exact) mass is 795 g/mol. The van der Waals surface area contributed by atoms with Gasteiger partial charge in [-0.05, 0) is 64.2 Å². The molecule has 0 radical (unpaired) electrons. The van der Waals surface area contributed by atoms with Crippen molar-refractivity contribution in [2.45, 2.75) is 224 Å². The first-order valence-electron chi connectivity index (χ1n) is 22.6. The molecule has 0 aromatic rings. The molecule has 1 aliphatic rings. The first-order chi connectivity index (χ1) is 27.3. The van der Waals surface area contributed by atoms with Gasteiger partial charge in [0, 0.05) is 12.8 Å². The molecule has 1 heterocycles. The summed E-state index contributed by atoms with van der Waals surface area (Å²) < 4.78 is 22.1. The highest BCUT2D eigenvalue weighted by Gasteiger charge is 2.44.